The second-order valence-electron chi connectivity index (χ2n) is 7.12. The van der Waals surface area contributed by atoms with Crippen LogP contribution in [-0.2, 0) is 14.2 Å². The van der Waals surface area contributed by atoms with E-state index in [-0.39, 0.29) is 38.8 Å². The number of hydrogen-bond acceptors (Lipinski definition) is 7. The molecule has 0 aromatic heterocycles. The number of fused-ring (bicyclic) bond motifs is 1. The number of ketones is 3. The fraction of sp³-hybridized carbons (Fsp3) is 0.217. The fourth-order valence-electron chi connectivity index (χ4n) is 4.00. The molecular weight excluding hydrogens is 424 g/mol. The summed E-state index contributed by atoms with van der Waals surface area (Å²) in [7, 11) is 2.51. The highest BCUT2D eigenvalue weighted by Crippen LogP contribution is 2.52. The molecule has 4 rings (SSSR count). The van der Waals surface area contributed by atoms with Gasteiger partial charge in [-0.1, -0.05) is 41.9 Å². The Balaban J connectivity index is 1.84. The molecule has 0 bridgehead atoms. The van der Waals surface area contributed by atoms with Gasteiger partial charge >= 0.3 is 5.97 Å². The summed E-state index contributed by atoms with van der Waals surface area (Å²) < 4.78 is 16.1. The average Bonchev–Trinajstić information content (AvgIpc) is 3.20. The van der Waals surface area contributed by atoms with Crippen LogP contribution in [0, 0.1) is 0 Å². The lowest BCUT2D eigenvalue weighted by molar-refractivity contribution is -0.0179. The van der Waals surface area contributed by atoms with Crippen molar-refractivity contribution in [1.29, 1.82) is 0 Å². The van der Waals surface area contributed by atoms with Crippen molar-refractivity contribution in [2.75, 3.05) is 14.2 Å². The van der Waals surface area contributed by atoms with E-state index in [1.54, 1.807) is 24.3 Å². The van der Waals surface area contributed by atoms with E-state index in [1.165, 1.54) is 39.3 Å². The quantitative estimate of drug-likeness (QED) is 0.406. The van der Waals surface area contributed by atoms with Gasteiger partial charge in [-0.3, -0.25) is 14.4 Å². The van der Waals surface area contributed by atoms with Crippen molar-refractivity contribution in [3.05, 3.63) is 81.1 Å². The van der Waals surface area contributed by atoms with Crippen LogP contribution in [0.3, 0.4) is 0 Å². The van der Waals surface area contributed by atoms with E-state index in [2.05, 4.69) is 0 Å². The SMILES string of the molecule is COC(=O)c1ccc(C2OC3(C(=O)c4ccccc4C3=O)C(OC)=C2Cl)cc1C(C)=O. The molecule has 31 heavy (non-hydrogen) atoms. The zero-order valence-corrected chi connectivity index (χ0v) is 17.6. The Morgan fingerprint density at radius 2 is 1.61 bits per heavy atom. The highest BCUT2D eigenvalue weighted by Gasteiger charge is 2.64. The lowest BCUT2D eigenvalue weighted by atomic mass is 9.95. The molecule has 2 aromatic carbocycles. The lowest BCUT2D eigenvalue weighted by Crippen LogP contribution is -2.44. The number of Topliss-reactive ketones (excluding diaryl/α,β-unsaturated/α-hetero) is 3. The Bertz CT molecular complexity index is 1160. The van der Waals surface area contributed by atoms with Crippen LogP contribution in [0.25, 0.3) is 0 Å². The zero-order valence-electron chi connectivity index (χ0n) is 16.9. The molecule has 0 fully saturated rings. The largest absolute Gasteiger partial charge is 0.496 e. The fourth-order valence-corrected chi connectivity index (χ4v) is 4.38. The van der Waals surface area contributed by atoms with Crippen molar-refractivity contribution < 1.29 is 33.4 Å². The van der Waals surface area contributed by atoms with Crippen molar-refractivity contribution in [2.24, 2.45) is 0 Å². The molecule has 8 heteroatoms. The monoisotopic (exact) mass is 440 g/mol. The summed E-state index contributed by atoms with van der Waals surface area (Å²) in [4.78, 5) is 50.6. The van der Waals surface area contributed by atoms with Gasteiger partial charge in [-0.25, -0.2) is 4.79 Å². The van der Waals surface area contributed by atoms with Gasteiger partial charge in [0.25, 0.3) is 5.60 Å². The van der Waals surface area contributed by atoms with Crippen molar-refractivity contribution >= 4 is 34.9 Å². The predicted octanol–water partition coefficient (Wildman–Crippen LogP) is 3.66. The Kier molecular flexibility index (Phi) is 5.03. The van der Waals surface area contributed by atoms with Crippen LogP contribution in [0.5, 0.6) is 0 Å². The number of ether oxygens (including phenoxy) is 3. The average molecular weight is 441 g/mol. The van der Waals surface area contributed by atoms with Gasteiger partial charge < -0.3 is 14.2 Å². The maximum absolute atomic E-state index is 13.2. The standard InChI is InChI=1S/C23H17ClO7/c1-11(25)16-10-12(8-9-15(16)22(28)30-3)18-17(24)21(29-2)23(31-18)19(26)13-6-4-5-7-14(13)20(23)27/h4-10,18H,1-3H3. The van der Waals surface area contributed by atoms with E-state index in [4.69, 9.17) is 25.8 Å². The van der Waals surface area contributed by atoms with Crippen LogP contribution in [0.4, 0.5) is 0 Å². The molecule has 1 unspecified atom stereocenters. The number of carbonyl (C=O) groups is 4. The van der Waals surface area contributed by atoms with Crippen LogP contribution in [0.15, 0.2) is 53.3 Å². The molecule has 0 amide bonds. The maximum Gasteiger partial charge on any atom is 0.338 e. The van der Waals surface area contributed by atoms with Crippen LogP contribution < -0.4 is 0 Å². The molecule has 1 atom stereocenters. The first-order valence-corrected chi connectivity index (χ1v) is 9.69. The molecule has 1 aliphatic heterocycles. The van der Waals surface area contributed by atoms with Gasteiger partial charge in [0.1, 0.15) is 6.10 Å². The van der Waals surface area contributed by atoms with E-state index in [0.717, 1.165) is 0 Å². The number of esters is 1. The van der Waals surface area contributed by atoms with Gasteiger partial charge in [-0.05, 0) is 24.6 Å². The van der Waals surface area contributed by atoms with Gasteiger partial charge in [-0.2, -0.15) is 0 Å². The van der Waals surface area contributed by atoms with Crippen LogP contribution in [0.2, 0.25) is 0 Å². The number of benzene rings is 2. The first kappa shape index (κ1) is 21.0. The molecule has 0 saturated carbocycles. The number of hydrogen-bond donors (Lipinski definition) is 0. The summed E-state index contributed by atoms with van der Waals surface area (Å²) in [5.41, 5.74) is -1.03. The normalized spacial score (nSPS) is 19.0. The molecule has 0 saturated heterocycles. The van der Waals surface area contributed by atoms with Crippen molar-refractivity contribution in [1.82, 2.24) is 0 Å². The summed E-state index contributed by atoms with van der Waals surface area (Å²) in [5, 5.41) is 0.0114. The number of halogens is 1. The van der Waals surface area contributed by atoms with Gasteiger partial charge in [0.15, 0.2) is 11.5 Å². The minimum atomic E-state index is -2.03. The smallest absolute Gasteiger partial charge is 0.338 e. The highest BCUT2D eigenvalue weighted by atomic mass is 35.5. The number of rotatable bonds is 4. The van der Waals surface area contributed by atoms with Crippen molar-refractivity contribution in [3.63, 3.8) is 0 Å². The molecular formula is C23H17ClO7. The molecule has 1 aliphatic carbocycles. The second-order valence-corrected chi connectivity index (χ2v) is 7.52. The minimum absolute atomic E-state index is 0.0114. The first-order valence-electron chi connectivity index (χ1n) is 9.31. The Morgan fingerprint density at radius 1 is 1.00 bits per heavy atom. The Labute approximate surface area is 182 Å². The van der Waals surface area contributed by atoms with Gasteiger partial charge in [0.05, 0.1) is 24.8 Å². The molecule has 158 valence electrons. The van der Waals surface area contributed by atoms with Gasteiger partial charge in [0, 0.05) is 16.7 Å². The number of carbonyl (C=O) groups excluding carboxylic acids is 4. The molecule has 7 nitrogen and oxygen atoms in total. The minimum Gasteiger partial charge on any atom is -0.496 e. The molecule has 1 heterocycles. The van der Waals surface area contributed by atoms with Crippen molar-refractivity contribution in [3.8, 4) is 0 Å². The highest BCUT2D eigenvalue weighted by molar-refractivity contribution is 6.37. The summed E-state index contributed by atoms with van der Waals surface area (Å²) >= 11 is 6.53. The van der Waals surface area contributed by atoms with E-state index in [9.17, 15) is 19.2 Å². The third-order valence-electron chi connectivity index (χ3n) is 5.45. The van der Waals surface area contributed by atoms with Crippen LogP contribution in [0.1, 0.15) is 60.0 Å². The summed E-state index contributed by atoms with van der Waals surface area (Å²) in [5.74, 6) is -2.27. The molecule has 2 aromatic rings. The Morgan fingerprint density at radius 3 is 2.13 bits per heavy atom. The van der Waals surface area contributed by atoms with Crippen LogP contribution >= 0.6 is 11.6 Å². The summed E-state index contributed by atoms with van der Waals surface area (Å²) in [6, 6.07) is 10.8. The third kappa shape index (κ3) is 2.85. The topological polar surface area (TPSA) is 96.0 Å². The zero-order chi connectivity index (χ0) is 22.5. The number of methoxy groups -OCH3 is 2. The summed E-state index contributed by atoms with van der Waals surface area (Å²) in [6.07, 6.45) is -1.05. The van der Waals surface area contributed by atoms with Crippen molar-refractivity contribution in [2.45, 2.75) is 18.6 Å². The second kappa shape index (κ2) is 7.44. The molecule has 1 spiro atoms. The lowest BCUT2D eigenvalue weighted by Gasteiger charge is -2.23. The molecule has 2 aliphatic rings. The van der Waals surface area contributed by atoms with E-state index in [1.807, 2.05) is 0 Å². The predicted molar refractivity (Wildman–Crippen MR) is 109 cm³/mol. The Hall–Kier alpha value is -3.29. The molecule has 0 radical (unpaired) electrons. The van der Waals surface area contributed by atoms with E-state index < -0.39 is 29.2 Å². The third-order valence-corrected chi connectivity index (χ3v) is 5.82. The first-order chi connectivity index (χ1) is 14.8. The van der Waals surface area contributed by atoms with Gasteiger partial charge in [0.2, 0.25) is 11.6 Å². The van der Waals surface area contributed by atoms with Crippen LogP contribution in [-0.4, -0.2) is 43.1 Å². The van der Waals surface area contributed by atoms with Gasteiger partial charge in [-0.15, -0.1) is 0 Å². The van der Waals surface area contributed by atoms with E-state index in [0.29, 0.717) is 5.56 Å². The van der Waals surface area contributed by atoms with E-state index >= 15 is 0 Å². The summed E-state index contributed by atoms with van der Waals surface area (Å²) in [6.45, 7) is 1.31. The molecule has 0 N–H and O–H groups in total. The maximum atomic E-state index is 13.2.